The van der Waals surface area contributed by atoms with Crippen LogP contribution in [0.4, 0.5) is 0 Å². The first kappa shape index (κ1) is 17.3. The van der Waals surface area contributed by atoms with Gasteiger partial charge in [-0.05, 0) is 82.1 Å². The van der Waals surface area contributed by atoms with E-state index in [1.54, 1.807) is 0 Å². The highest BCUT2D eigenvalue weighted by Crippen LogP contribution is 2.53. The van der Waals surface area contributed by atoms with E-state index in [-0.39, 0.29) is 5.41 Å². The SMILES string of the molecule is Cc1ccc2c(c1)C(C)(C)c1cc(-c3ccc(C)c(C)c3)c3ccccc3c1-2. The summed E-state index contributed by atoms with van der Waals surface area (Å²) in [6.07, 6.45) is 0. The average Bonchev–Trinajstić information content (AvgIpc) is 2.90. The van der Waals surface area contributed by atoms with Crippen molar-refractivity contribution in [1.82, 2.24) is 0 Å². The predicted octanol–water partition coefficient (Wildman–Crippen LogP) is 7.74. The van der Waals surface area contributed by atoms with E-state index >= 15 is 0 Å². The minimum Gasteiger partial charge on any atom is -0.0616 e. The fourth-order valence-electron chi connectivity index (χ4n) is 4.84. The molecule has 4 aromatic carbocycles. The lowest BCUT2D eigenvalue weighted by Gasteiger charge is -2.23. The van der Waals surface area contributed by atoms with Gasteiger partial charge in [-0.1, -0.05) is 80.1 Å². The maximum Gasteiger partial charge on any atom is 0.0159 e. The third-order valence-electron chi connectivity index (χ3n) is 6.65. The van der Waals surface area contributed by atoms with E-state index in [0.717, 1.165) is 0 Å². The Morgan fingerprint density at radius 2 is 1.36 bits per heavy atom. The molecule has 0 aliphatic heterocycles. The van der Waals surface area contributed by atoms with Crippen molar-refractivity contribution in [2.75, 3.05) is 0 Å². The van der Waals surface area contributed by atoms with Gasteiger partial charge in [0.1, 0.15) is 0 Å². The van der Waals surface area contributed by atoms with E-state index in [1.807, 2.05) is 0 Å². The molecule has 1 aliphatic carbocycles. The van der Waals surface area contributed by atoms with Crippen molar-refractivity contribution in [2.24, 2.45) is 0 Å². The van der Waals surface area contributed by atoms with Crippen molar-refractivity contribution >= 4 is 10.8 Å². The molecule has 0 amide bonds. The summed E-state index contributed by atoms with van der Waals surface area (Å²) in [5.74, 6) is 0. The Balaban J connectivity index is 1.90. The standard InChI is InChI=1S/C28H26/c1-17-10-13-23-25(14-17)28(4,5)26-16-24(20-12-11-18(2)19(3)15-20)21-8-6-7-9-22(21)27(23)26/h6-16H,1-5H3. The van der Waals surface area contributed by atoms with Gasteiger partial charge < -0.3 is 0 Å². The Hall–Kier alpha value is -2.86. The second-order valence-corrected chi connectivity index (χ2v) is 8.87. The fourth-order valence-corrected chi connectivity index (χ4v) is 4.84. The van der Waals surface area contributed by atoms with Crippen LogP contribution in [0.15, 0.2) is 66.7 Å². The van der Waals surface area contributed by atoms with Crippen molar-refractivity contribution in [3.8, 4) is 22.3 Å². The van der Waals surface area contributed by atoms with Crippen LogP contribution in [-0.4, -0.2) is 0 Å². The number of hydrogen-bond acceptors (Lipinski definition) is 0. The molecule has 1 aliphatic rings. The van der Waals surface area contributed by atoms with Gasteiger partial charge in [0.15, 0.2) is 0 Å². The third kappa shape index (κ3) is 2.31. The summed E-state index contributed by atoms with van der Waals surface area (Å²) in [4.78, 5) is 0. The summed E-state index contributed by atoms with van der Waals surface area (Å²) in [5.41, 5.74) is 12.4. The molecular weight excluding hydrogens is 336 g/mol. The van der Waals surface area contributed by atoms with Crippen LogP contribution in [0.5, 0.6) is 0 Å². The molecule has 5 rings (SSSR count). The Bertz CT molecular complexity index is 1250. The third-order valence-corrected chi connectivity index (χ3v) is 6.65. The first-order chi connectivity index (χ1) is 13.4. The monoisotopic (exact) mass is 362 g/mol. The molecular formula is C28H26. The largest absolute Gasteiger partial charge is 0.0616 e. The molecule has 0 unspecified atom stereocenters. The van der Waals surface area contributed by atoms with Gasteiger partial charge in [-0.3, -0.25) is 0 Å². The van der Waals surface area contributed by atoms with Gasteiger partial charge in [0.05, 0.1) is 0 Å². The summed E-state index contributed by atoms with van der Waals surface area (Å²) in [5, 5.41) is 2.71. The van der Waals surface area contributed by atoms with Crippen LogP contribution in [0.1, 0.15) is 41.7 Å². The molecule has 138 valence electrons. The van der Waals surface area contributed by atoms with Gasteiger partial charge >= 0.3 is 0 Å². The number of rotatable bonds is 1. The Labute approximate surface area is 167 Å². The smallest absolute Gasteiger partial charge is 0.0159 e. The number of fused-ring (bicyclic) bond motifs is 5. The first-order valence-electron chi connectivity index (χ1n) is 10.1. The molecule has 0 saturated heterocycles. The molecule has 0 radical (unpaired) electrons. The zero-order chi connectivity index (χ0) is 19.6. The Kier molecular flexibility index (Phi) is 3.58. The van der Waals surface area contributed by atoms with Crippen molar-refractivity contribution < 1.29 is 0 Å². The first-order valence-corrected chi connectivity index (χ1v) is 10.1. The molecule has 0 saturated carbocycles. The minimum atomic E-state index is 0.00914. The molecule has 28 heavy (non-hydrogen) atoms. The lowest BCUT2D eigenvalue weighted by atomic mass is 9.80. The number of aryl methyl sites for hydroxylation is 3. The molecule has 0 heteroatoms. The van der Waals surface area contributed by atoms with Crippen LogP contribution >= 0.6 is 0 Å². The van der Waals surface area contributed by atoms with Crippen LogP contribution in [-0.2, 0) is 5.41 Å². The summed E-state index contributed by atoms with van der Waals surface area (Å²) in [6, 6.07) is 25.2. The molecule has 0 bridgehead atoms. The topological polar surface area (TPSA) is 0 Å². The lowest BCUT2D eigenvalue weighted by molar-refractivity contribution is 0.660. The lowest BCUT2D eigenvalue weighted by Crippen LogP contribution is -2.15. The minimum absolute atomic E-state index is 0.00914. The second-order valence-electron chi connectivity index (χ2n) is 8.87. The van der Waals surface area contributed by atoms with Gasteiger partial charge in [0, 0.05) is 5.41 Å². The summed E-state index contributed by atoms with van der Waals surface area (Å²) in [6.45, 7) is 11.3. The molecule has 0 nitrogen and oxygen atoms in total. The van der Waals surface area contributed by atoms with Crippen molar-refractivity contribution in [1.29, 1.82) is 0 Å². The Morgan fingerprint density at radius 1 is 0.607 bits per heavy atom. The fraction of sp³-hybridized carbons (Fsp3) is 0.214. The molecule has 0 atom stereocenters. The maximum absolute atomic E-state index is 2.46. The highest BCUT2D eigenvalue weighted by atomic mass is 14.4. The maximum atomic E-state index is 2.46. The molecule has 0 aromatic heterocycles. The van der Waals surface area contributed by atoms with Crippen LogP contribution < -0.4 is 0 Å². The van der Waals surface area contributed by atoms with E-state index < -0.39 is 0 Å². The highest BCUT2D eigenvalue weighted by Gasteiger charge is 2.37. The number of hydrogen-bond donors (Lipinski definition) is 0. The predicted molar refractivity (Wildman–Crippen MR) is 121 cm³/mol. The average molecular weight is 363 g/mol. The van der Waals surface area contributed by atoms with E-state index in [1.165, 1.54) is 60.8 Å². The van der Waals surface area contributed by atoms with Crippen molar-refractivity contribution in [3.63, 3.8) is 0 Å². The van der Waals surface area contributed by atoms with Gasteiger partial charge in [-0.2, -0.15) is 0 Å². The summed E-state index contributed by atoms with van der Waals surface area (Å²) in [7, 11) is 0. The zero-order valence-corrected chi connectivity index (χ0v) is 17.4. The molecule has 0 heterocycles. The van der Waals surface area contributed by atoms with Gasteiger partial charge in [-0.25, -0.2) is 0 Å². The van der Waals surface area contributed by atoms with E-state index in [4.69, 9.17) is 0 Å². The Morgan fingerprint density at radius 3 is 2.11 bits per heavy atom. The van der Waals surface area contributed by atoms with Crippen molar-refractivity contribution in [2.45, 2.75) is 40.0 Å². The summed E-state index contributed by atoms with van der Waals surface area (Å²) < 4.78 is 0. The van der Waals surface area contributed by atoms with Gasteiger partial charge in [0.25, 0.3) is 0 Å². The van der Waals surface area contributed by atoms with Crippen LogP contribution in [0.2, 0.25) is 0 Å². The molecule has 0 spiro atoms. The van der Waals surface area contributed by atoms with Crippen LogP contribution in [0, 0.1) is 20.8 Å². The van der Waals surface area contributed by atoms with E-state index in [2.05, 4.69) is 101 Å². The molecule has 4 aromatic rings. The van der Waals surface area contributed by atoms with E-state index in [9.17, 15) is 0 Å². The highest BCUT2D eigenvalue weighted by molar-refractivity contribution is 6.09. The second kappa shape index (κ2) is 5.82. The van der Waals surface area contributed by atoms with E-state index in [0.29, 0.717) is 0 Å². The molecule has 0 fully saturated rings. The quantitative estimate of drug-likeness (QED) is 0.325. The summed E-state index contributed by atoms with van der Waals surface area (Å²) >= 11 is 0. The molecule has 0 N–H and O–H groups in total. The normalized spacial score (nSPS) is 14.2. The van der Waals surface area contributed by atoms with Crippen molar-refractivity contribution in [3.05, 3.63) is 94.5 Å². The van der Waals surface area contributed by atoms with Gasteiger partial charge in [0.2, 0.25) is 0 Å². The van der Waals surface area contributed by atoms with Gasteiger partial charge in [-0.15, -0.1) is 0 Å². The van der Waals surface area contributed by atoms with Crippen LogP contribution in [0.3, 0.4) is 0 Å². The zero-order valence-electron chi connectivity index (χ0n) is 17.4. The van der Waals surface area contributed by atoms with Crippen LogP contribution in [0.25, 0.3) is 33.0 Å². The number of benzene rings is 4.